The molecule has 0 spiro atoms. The summed E-state index contributed by atoms with van der Waals surface area (Å²) in [6.07, 6.45) is 2.64. The summed E-state index contributed by atoms with van der Waals surface area (Å²) in [6.45, 7) is 8.35. The number of para-hydroxylation sites is 1. The maximum atomic E-state index is 11.6. The number of ether oxygens (including phenoxy) is 2. The molecular formula is C24H34N2O3S2. The average Bonchev–Trinajstić information content (AvgIpc) is 3.01. The zero-order valence-electron chi connectivity index (χ0n) is 19.0. The first-order valence-electron chi connectivity index (χ1n) is 10.8. The van der Waals surface area contributed by atoms with Gasteiger partial charge in [0.25, 0.3) is 0 Å². The van der Waals surface area contributed by atoms with E-state index in [9.17, 15) is 4.79 Å². The van der Waals surface area contributed by atoms with Crippen LogP contribution in [0.25, 0.3) is 0 Å². The van der Waals surface area contributed by atoms with Gasteiger partial charge in [0.05, 0.1) is 25.2 Å². The normalized spacial score (nSPS) is 12.8. The molecular weight excluding hydrogens is 428 g/mol. The van der Waals surface area contributed by atoms with E-state index >= 15 is 0 Å². The van der Waals surface area contributed by atoms with Gasteiger partial charge in [-0.25, -0.2) is 0 Å². The summed E-state index contributed by atoms with van der Waals surface area (Å²) in [6, 6.07) is 14.6. The van der Waals surface area contributed by atoms with Crippen molar-refractivity contribution in [3.63, 3.8) is 0 Å². The van der Waals surface area contributed by atoms with Gasteiger partial charge in [0, 0.05) is 41.1 Å². The molecule has 1 heterocycles. The fraction of sp³-hybridized carbons (Fsp3) is 0.458. The highest BCUT2D eigenvalue weighted by Gasteiger charge is 2.20. The fourth-order valence-corrected chi connectivity index (χ4v) is 4.54. The lowest BCUT2D eigenvalue weighted by Crippen LogP contribution is -2.23. The summed E-state index contributed by atoms with van der Waals surface area (Å²) in [4.78, 5) is 15.0. The molecule has 2 aromatic rings. The van der Waals surface area contributed by atoms with E-state index in [2.05, 4.69) is 59.9 Å². The number of benzene rings is 2. The van der Waals surface area contributed by atoms with Gasteiger partial charge in [-0.1, -0.05) is 44.9 Å². The number of fused-ring (bicyclic) bond motifs is 1. The van der Waals surface area contributed by atoms with Crippen LogP contribution in [0, 0.1) is 0 Å². The lowest BCUT2D eigenvalue weighted by molar-refractivity contribution is -0.139. The maximum Gasteiger partial charge on any atom is 0.315 e. The van der Waals surface area contributed by atoms with Gasteiger partial charge in [0.2, 0.25) is 0 Å². The number of hydrogen-bond donors (Lipinski definition) is 1. The van der Waals surface area contributed by atoms with Crippen molar-refractivity contribution in [3.8, 4) is 5.75 Å². The van der Waals surface area contributed by atoms with E-state index in [1.807, 2.05) is 13.0 Å². The predicted molar refractivity (Wildman–Crippen MR) is 134 cm³/mol. The first-order chi connectivity index (χ1) is 15.1. The maximum absolute atomic E-state index is 11.6. The molecule has 0 atom stereocenters. The van der Waals surface area contributed by atoms with Crippen LogP contribution in [0.5, 0.6) is 5.75 Å². The minimum atomic E-state index is -0.178. The van der Waals surface area contributed by atoms with Crippen LogP contribution in [0.2, 0.25) is 0 Å². The van der Waals surface area contributed by atoms with Gasteiger partial charge in [0.15, 0.2) is 0 Å². The minimum absolute atomic E-state index is 0.178. The molecule has 170 valence electrons. The SMILES string of the molecule is CCCC.CCOC(=O)CSCc1cc2c(cc1OC)N(c1ccccc1)CCNS2. The van der Waals surface area contributed by atoms with Gasteiger partial charge >= 0.3 is 5.97 Å². The Morgan fingerprint density at radius 2 is 1.90 bits per heavy atom. The second kappa shape index (κ2) is 14.3. The summed E-state index contributed by atoms with van der Waals surface area (Å²) in [5.74, 6) is 1.70. The molecule has 5 nitrogen and oxygen atoms in total. The Morgan fingerprint density at radius 3 is 2.55 bits per heavy atom. The van der Waals surface area contributed by atoms with Gasteiger partial charge in [-0.05, 0) is 37.1 Å². The zero-order chi connectivity index (χ0) is 22.5. The summed E-state index contributed by atoms with van der Waals surface area (Å²) in [5, 5.41) is 0. The molecule has 1 N–H and O–H groups in total. The third-order valence-electron chi connectivity index (χ3n) is 4.62. The van der Waals surface area contributed by atoms with Crippen LogP contribution in [0.4, 0.5) is 11.4 Å². The lowest BCUT2D eigenvalue weighted by Gasteiger charge is -2.25. The summed E-state index contributed by atoms with van der Waals surface area (Å²) in [7, 11) is 1.69. The number of nitrogens with one attached hydrogen (secondary N) is 1. The van der Waals surface area contributed by atoms with Crippen LogP contribution in [0.1, 0.15) is 39.2 Å². The molecule has 31 heavy (non-hydrogen) atoms. The van der Waals surface area contributed by atoms with Gasteiger partial charge < -0.3 is 14.4 Å². The van der Waals surface area contributed by atoms with Gasteiger partial charge in [-0.15, -0.1) is 11.8 Å². The van der Waals surface area contributed by atoms with Crippen molar-refractivity contribution in [1.82, 2.24) is 4.72 Å². The largest absolute Gasteiger partial charge is 0.496 e. The highest BCUT2D eigenvalue weighted by atomic mass is 32.2. The highest BCUT2D eigenvalue weighted by molar-refractivity contribution is 7.99. The van der Waals surface area contributed by atoms with E-state index in [4.69, 9.17) is 9.47 Å². The van der Waals surface area contributed by atoms with E-state index < -0.39 is 0 Å². The number of carbonyl (C=O) groups excluding carboxylic acids is 1. The molecule has 0 bridgehead atoms. The van der Waals surface area contributed by atoms with Crippen LogP contribution in [-0.4, -0.2) is 38.5 Å². The molecule has 7 heteroatoms. The van der Waals surface area contributed by atoms with E-state index in [-0.39, 0.29) is 5.97 Å². The molecule has 0 aliphatic carbocycles. The Labute approximate surface area is 195 Å². The third kappa shape index (κ3) is 7.98. The third-order valence-corrected chi connectivity index (χ3v) is 6.47. The van der Waals surface area contributed by atoms with E-state index in [1.54, 1.807) is 19.1 Å². The lowest BCUT2D eigenvalue weighted by atomic mass is 10.1. The predicted octanol–water partition coefficient (Wildman–Crippen LogP) is 6.05. The topological polar surface area (TPSA) is 50.8 Å². The number of esters is 1. The molecule has 1 aliphatic heterocycles. The monoisotopic (exact) mass is 462 g/mol. The van der Waals surface area contributed by atoms with Crippen molar-refractivity contribution in [2.45, 2.75) is 44.3 Å². The van der Waals surface area contributed by atoms with Crippen molar-refractivity contribution < 1.29 is 14.3 Å². The quantitative estimate of drug-likeness (QED) is 0.379. The molecule has 0 saturated carbocycles. The van der Waals surface area contributed by atoms with Gasteiger partial charge in [-0.2, -0.15) is 0 Å². The first kappa shape index (κ1) is 25.4. The highest BCUT2D eigenvalue weighted by Crippen LogP contribution is 2.40. The molecule has 0 unspecified atom stereocenters. The number of carbonyl (C=O) groups is 1. The van der Waals surface area contributed by atoms with Crippen molar-refractivity contribution in [2.24, 2.45) is 0 Å². The van der Waals surface area contributed by atoms with Crippen LogP contribution < -0.4 is 14.4 Å². The van der Waals surface area contributed by atoms with Crippen LogP contribution in [-0.2, 0) is 15.3 Å². The van der Waals surface area contributed by atoms with Gasteiger partial charge in [0.1, 0.15) is 5.75 Å². The molecule has 0 aromatic heterocycles. The Morgan fingerprint density at radius 1 is 1.16 bits per heavy atom. The molecule has 0 saturated heterocycles. The Balaban J connectivity index is 0.000000785. The molecule has 0 amide bonds. The molecule has 3 rings (SSSR count). The number of hydrogen-bond acceptors (Lipinski definition) is 7. The summed E-state index contributed by atoms with van der Waals surface area (Å²) < 4.78 is 14.1. The van der Waals surface area contributed by atoms with Crippen molar-refractivity contribution >= 4 is 41.1 Å². The number of unbranched alkanes of at least 4 members (excludes halogenated alkanes) is 1. The minimum Gasteiger partial charge on any atom is -0.496 e. The first-order valence-corrected chi connectivity index (χ1v) is 12.8. The average molecular weight is 463 g/mol. The summed E-state index contributed by atoms with van der Waals surface area (Å²) in [5.41, 5.74) is 3.37. The smallest absolute Gasteiger partial charge is 0.315 e. The van der Waals surface area contributed by atoms with Crippen molar-refractivity contribution in [2.75, 3.05) is 37.5 Å². The Hall–Kier alpha value is -1.83. The fourth-order valence-electron chi connectivity index (χ4n) is 2.92. The number of anilines is 2. The van der Waals surface area contributed by atoms with E-state index in [0.717, 1.165) is 40.7 Å². The number of rotatable bonds is 8. The Kier molecular flexibility index (Phi) is 11.7. The van der Waals surface area contributed by atoms with Crippen molar-refractivity contribution in [3.05, 3.63) is 48.0 Å². The van der Waals surface area contributed by atoms with E-state index in [0.29, 0.717) is 18.1 Å². The van der Waals surface area contributed by atoms with Crippen LogP contribution >= 0.6 is 23.7 Å². The zero-order valence-corrected chi connectivity index (χ0v) is 20.6. The molecule has 1 aliphatic rings. The standard InChI is InChI=1S/C20H24N2O3S2.C4H10/c1-3-25-20(23)14-26-13-15-11-19-17(12-18(15)24-2)22(10-9-21-27-19)16-7-5-4-6-8-16;1-3-4-2/h4-8,11-12,21H,3,9-10,13-14H2,1-2H3;3-4H2,1-2H3. The number of methoxy groups -OCH3 is 1. The Bertz CT molecular complexity index is 801. The second-order valence-electron chi connectivity index (χ2n) is 6.91. The number of nitrogens with zero attached hydrogens (tertiary/aromatic N) is 1. The van der Waals surface area contributed by atoms with Crippen LogP contribution in [0.3, 0.4) is 0 Å². The molecule has 0 fully saturated rings. The second-order valence-corrected chi connectivity index (χ2v) is 8.83. The van der Waals surface area contributed by atoms with Crippen molar-refractivity contribution in [1.29, 1.82) is 0 Å². The summed E-state index contributed by atoms with van der Waals surface area (Å²) >= 11 is 3.18. The molecule has 0 radical (unpaired) electrons. The van der Waals surface area contributed by atoms with Crippen LogP contribution in [0.15, 0.2) is 47.4 Å². The number of thioether (sulfide) groups is 1. The molecule has 2 aromatic carbocycles. The van der Waals surface area contributed by atoms with E-state index in [1.165, 1.54) is 24.6 Å². The van der Waals surface area contributed by atoms with Gasteiger partial charge in [-0.3, -0.25) is 9.52 Å².